The van der Waals surface area contributed by atoms with Crippen LogP contribution in [0, 0.1) is 17.6 Å². The molecule has 0 radical (unpaired) electrons. The molecule has 2 N–H and O–H groups in total. The lowest BCUT2D eigenvalue weighted by Gasteiger charge is -2.23. The van der Waals surface area contributed by atoms with Crippen molar-refractivity contribution in [1.82, 2.24) is 5.32 Å². The number of nitrogens with one attached hydrogen (secondary N) is 1. The van der Waals surface area contributed by atoms with Crippen molar-refractivity contribution in [3.05, 3.63) is 35.4 Å². The summed E-state index contributed by atoms with van der Waals surface area (Å²) in [6.07, 6.45) is 0.486. The molecule has 7 heteroatoms. The van der Waals surface area contributed by atoms with Crippen LogP contribution in [0.2, 0.25) is 0 Å². The highest BCUT2D eigenvalue weighted by atomic mass is 19.1. The van der Waals surface area contributed by atoms with E-state index in [0.717, 1.165) is 12.1 Å². The molecule has 1 aliphatic carbocycles. The molecule has 0 spiro atoms. The molecule has 3 rings (SSSR count). The third-order valence-corrected chi connectivity index (χ3v) is 4.29. The average Bonchev–Trinajstić information content (AvgIpc) is 3.09. The summed E-state index contributed by atoms with van der Waals surface area (Å²) in [6.45, 7) is 0.155. The minimum Gasteiger partial charge on any atom is -0.479 e. The Hall–Kier alpha value is -2.02. The second kappa shape index (κ2) is 5.31. The Labute approximate surface area is 125 Å². The van der Waals surface area contributed by atoms with Crippen LogP contribution in [0.15, 0.2) is 18.2 Å². The predicted octanol–water partition coefficient (Wildman–Crippen LogP) is 1.43. The molecule has 5 nitrogen and oxygen atoms in total. The van der Waals surface area contributed by atoms with Gasteiger partial charge >= 0.3 is 5.97 Å². The Bertz CT molecular complexity index is 608. The maximum absolute atomic E-state index is 13.7. The molecule has 1 aromatic carbocycles. The zero-order valence-corrected chi connectivity index (χ0v) is 11.6. The van der Waals surface area contributed by atoms with Crippen molar-refractivity contribution in [2.45, 2.75) is 24.3 Å². The largest absolute Gasteiger partial charge is 0.479 e. The number of ether oxygens (including phenoxy) is 1. The standard InChI is InChI=1S/C15H15F2NO4/c16-10-2-1-3-11(17)12(10)8-6-9(8)13(19)18-15(14(20)21)4-5-22-7-15/h1-3,8-9H,4-7H2,(H,18,19)(H,20,21). The summed E-state index contributed by atoms with van der Waals surface area (Å²) in [7, 11) is 0. The fourth-order valence-corrected chi connectivity index (χ4v) is 2.88. The third kappa shape index (κ3) is 2.45. The lowest BCUT2D eigenvalue weighted by atomic mass is 9.98. The van der Waals surface area contributed by atoms with Gasteiger partial charge in [-0.05, 0) is 18.6 Å². The van der Waals surface area contributed by atoms with Gasteiger partial charge in [-0.2, -0.15) is 0 Å². The highest BCUT2D eigenvalue weighted by molar-refractivity contribution is 5.90. The van der Waals surface area contributed by atoms with Gasteiger partial charge in [-0.15, -0.1) is 0 Å². The van der Waals surface area contributed by atoms with Gasteiger partial charge in [0.25, 0.3) is 0 Å². The van der Waals surface area contributed by atoms with Crippen LogP contribution in [0.5, 0.6) is 0 Å². The van der Waals surface area contributed by atoms with Crippen LogP contribution in [0.3, 0.4) is 0 Å². The number of rotatable bonds is 4. The molecule has 1 aliphatic heterocycles. The molecular formula is C15H15F2NO4. The summed E-state index contributed by atoms with van der Waals surface area (Å²) in [5.41, 5.74) is -1.53. The minimum atomic E-state index is -1.43. The van der Waals surface area contributed by atoms with Crippen LogP contribution in [0.4, 0.5) is 8.78 Å². The van der Waals surface area contributed by atoms with Crippen LogP contribution in [0.25, 0.3) is 0 Å². The highest BCUT2D eigenvalue weighted by Gasteiger charge is 2.51. The van der Waals surface area contributed by atoms with E-state index in [1.807, 2.05) is 0 Å². The van der Waals surface area contributed by atoms with Crippen molar-refractivity contribution in [1.29, 1.82) is 0 Å². The van der Waals surface area contributed by atoms with Gasteiger partial charge in [-0.3, -0.25) is 4.79 Å². The van der Waals surface area contributed by atoms with Gasteiger partial charge in [0.2, 0.25) is 5.91 Å². The Balaban J connectivity index is 1.72. The van der Waals surface area contributed by atoms with Gasteiger partial charge in [-0.25, -0.2) is 13.6 Å². The monoisotopic (exact) mass is 311 g/mol. The van der Waals surface area contributed by atoms with Crippen molar-refractivity contribution < 1.29 is 28.2 Å². The maximum Gasteiger partial charge on any atom is 0.331 e. The van der Waals surface area contributed by atoms with E-state index in [-0.39, 0.29) is 25.2 Å². The number of amides is 1. The summed E-state index contributed by atoms with van der Waals surface area (Å²) in [6, 6.07) is 3.56. The summed E-state index contributed by atoms with van der Waals surface area (Å²) in [5, 5.41) is 11.8. The third-order valence-electron chi connectivity index (χ3n) is 4.29. The van der Waals surface area contributed by atoms with E-state index in [0.29, 0.717) is 6.42 Å². The van der Waals surface area contributed by atoms with Crippen molar-refractivity contribution in [3.8, 4) is 0 Å². The molecule has 1 amide bonds. The molecule has 1 saturated carbocycles. The smallest absolute Gasteiger partial charge is 0.331 e. The van der Waals surface area contributed by atoms with E-state index in [1.54, 1.807) is 0 Å². The Morgan fingerprint density at radius 2 is 2.00 bits per heavy atom. The van der Waals surface area contributed by atoms with Crippen molar-refractivity contribution in [2.24, 2.45) is 5.92 Å². The van der Waals surface area contributed by atoms with Gasteiger partial charge in [0.1, 0.15) is 11.6 Å². The average molecular weight is 311 g/mol. The quantitative estimate of drug-likeness (QED) is 0.882. The number of benzene rings is 1. The molecule has 3 atom stereocenters. The van der Waals surface area contributed by atoms with Gasteiger partial charge in [0.15, 0.2) is 5.54 Å². The summed E-state index contributed by atoms with van der Waals surface area (Å²) in [5.74, 6) is -4.18. The topological polar surface area (TPSA) is 75.6 Å². The summed E-state index contributed by atoms with van der Waals surface area (Å²) >= 11 is 0. The van der Waals surface area contributed by atoms with E-state index >= 15 is 0 Å². The van der Waals surface area contributed by atoms with E-state index in [2.05, 4.69) is 5.32 Å². The molecule has 2 aliphatic rings. The number of halogens is 2. The summed E-state index contributed by atoms with van der Waals surface area (Å²) < 4.78 is 32.5. The maximum atomic E-state index is 13.7. The number of carboxylic acids is 1. The zero-order valence-electron chi connectivity index (χ0n) is 11.6. The second-order valence-electron chi connectivity index (χ2n) is 5.76. The number of carbonyl (C=O) groups excluding carboxylic acids is 1. The molecular weight excluding hydrogens is 296 g/mol. The molecule has 0 bridgehead atoms. The Morgan fingerprint density at radius 1 is 1.32 bits per heavy atom. The molecule has 2 fully saturated rings. The lowest BCUT2D eigenvalue weighted by Crippen LogP contribution is -2.55. The van der Waals surface area contributed by atoms with E-state index in [1.165, 1.54) is 6.07 Å². The fraction of sp³-hybridized carbons (Fsp3) is 0.467. The Kier molecular flexibility index (Phi) is 3.60. The molecule has 3 unspecified atom stereocenters. The first-order valence-corrected chi connectivity index (χ1v) is 7.02. The molecule has 22 heavy (non-hydrogen) atoms. The van der Waals surface area contributed by atoms with Gasteiger partial charge < -0.3 is 15.2 Å². The van der Waals surface area contributed by atoms with Crippen LogP contribution >= 0.6 is 0 Å². The molecule has 1 aromatic rings. The van der Waals surface area contributed by atoms with Gasteiger partial charge in [-0.1, -0.05) is 6.07 Å². The van der Waals surface area contributed by atoms with Gasteiger partial charge in [0.05, 0.1) is 6.61 Å². The first-order valence-electron chi connectivity index (χ1n) is 7.02. The first-order chi connectivity index (χ1) is 10.4. The Morgan fingerprint density at radius 3 is 2.55 bits per heavy atom. The van der Waals surface area contributed by atoms with Crippen LogP contribution in [0.1, 0.15) is 24.3 Å². The van der Waals surface area contributed by atoms with Crippen molar-refractivity contribution in [2.75, 3.05) is 13.2 Å². The van der Waals surface area contributed by atoms with Crippen molar-refractivity contribution in [3.63, 3.8) is 0 Å². The lowest BCUT2D eigenvalue weighted by molar-refractivity contribution is -0.147. The minimum absolute atomic E-state index is 0.0977. The van der Waals surface area contributed by atoms with E-state index in [4.69, 9.17) is 4.74 Å². The number of carbonyl (C=O) groups is 2. The van der Waals surface area contributed by atoms with E-state index < -0.39 is 40.9 Å². The molecule has 118 valence electrons. The van der Waals surface area contributed by atoms with Gasteiger partial charge in [0, 0.05) is 30.4 Å². The number of aliphatic carboxylic acids is 1. The fourth-order valence-electron chi connectivity index (χ4n) is 2.88. The van der Waals surface area contributed by atoms with Crippen LogP contribution < -0.4 is 5.32 Å². The number of carboxylic acid groups (broad SMARTS) is 1. The number of hydrogen-bond acceptors (Lipinski definition) is 3. The molecule has 1 saturated heterocycles. The first kappa shape index (κ1) is 14.9. The zero-order chi connectivity index (χ0) is 15.9. The molecule has 1 heterocycles. The molecule has 0 aromatic heterocycles. The van der Waals surface area contributed by atoms with E-state index in [9.17, 15) is 23.5 Å². The van der Waals surface area contributed by atoms with Crippen LogP contribution in [-0.4, -0.2) is 35.7 Å². The number of hydrogen-bond donors (Lipinski definition) is 2. The SMILES string of the molecule is O=C(NC1(C(=O)O)CCOC1)C1CC1c1c(F)cccc1F. The normalized spacial score (nSPS) is 30.1. The van der Waals surface area contributed by atoms with Crippen LogP contribution in [-0.2, 0) is 14.3 Å². The summed E-state index contributed by atoms with van der Waals surface area (Å²) in [4.78, 5) is 23.5. The predicted molar refractivity (Wildman–Crippen MR) is 71.2 cm³/mol. The second-order valence-corrected chi connectivity index (χ2v) is 5.76. The van der Waals surface area contributed by atoms with Crippen molar-refractivity contribution >= 4 is 11.9 Å². The highest BCUT2D eigenvalue weighted by Crippen LogP contribution is 2.49.